The summed E-state index contributed by atoms with van der Waals surface area (Å²) >= 11 is 1.27. The van der Waals surface area contributed by atoms with Gasteiger partial charge in [0.05, 0.1) is 0 Å². The van der Waals surface area contributed by atoms with Gasteiger partial charge in [-0.1, -0.05) is 6.07 Å². The lowest BCUT2D eigenvalue weighted by atomic mass is 10.4. The van der Waals surface area contributed by atoms with Crippen molar-refractivity contribution in [1.82, 2.24) is 24.8 Å². The van der Waals surface area contributed by atoms with Crippen LogP contribution in [0.5, 0.6) is 0 Å². The Hall–Kier alpha value is -2.48. The lowest BCUT2D eigenvalue weighted by Gasteiger charge is -1.98. The van der Waals surface area contributed by atoms with E-state index in [0.717, 1.165) is 5.65 Å². The van der Waals surface area contributed by atoms with Gasteiger partial charge in [0, 0.05) is 6.20 Å². The molecule has 0 aliphatic heterocycles. The predicted octanol–water partition coefficient (Wildman–Crippen LogP) is 1.37. The first-order chi connectivity index (χ1) is 9.24. The van der Waals surface area contributed by atoms with Crippen molar-refractivity contribution in [2.24, 2.45) is 0 Å². The van der Waals surface area contributed by atoms with Crippen LogP contribution in [0.1, 0.15) is 10.5 Å². The molecule has 94 valence electrons. The molecule has 19 heavy (non-hydrogen) atoms. The molecule has 0 aliphatic rings. The zero-order chi connectivity index (χ0) is 13.2. The second-order valence-corrected chi connectivity index (χ2v) is 4.56. The summed E-state index contributed by atoms with van der Waals surface area (Å²) in [5, 5.41) is 25.4. The van der Waals surface area contributed by atoms with Gasteiger partial charge in [0.15, 0.2) is 11.3 Å². The van der Waals surface area contributed by atoms with Gasteiger partial charge in [0.2, 0.25) is 5.16 Å². The minimum Gasteiger partial charge on any atom is -0.476 e. The number of fused-ring (bicyclic) bond motifs is 1. The summed E-state index contributed by atoms with van der Waals surface area (Å²) in [6.07, 6.45) is 1.84. The van der Waals surface area contributed by atoms with Gasteiger partial charge in [-0.05, 0) is 36.0 Å². The molecule has 0 atom stereocenters. The normalized spacial score (nSPS) is 10.7. The molecule has 3 rings (SSSR count). The molecule has 0 saturated heterocycles. The van der Waals surface area contributed by atoms with Crippen LogP contribution in [-0.2, 0) is 0 Å². The number of carboxylic acid groups (broad SMARTS) is 1. The highest BCUT2D eigenvalue weighted by Crippen LogP contribution is 2.23. The third kappa shape index (κ3) is 2.25. The number of carbonyl (C=O) groups is 1. The number of carboxylic acids is 1. The van der Waals surface area contributed by atoms with Crippen LogP contribution in [0.4, 0.5) is 0 Å². The smallest absolute Gasteiger partial charge is 0.356 e. The van der Waals surface area contributed by atoms with E-state index >= 15 is 0 Å². The molecule has 3 aromatic rings. The van der Waals surface area contributed by atoms with Crippen LogP contribution < -0.4 is 0 Å². The molecule has 0 saturated carbocycles. The van der Waals surface area contributed by atoms with Crippen molar-refractivity contribution < 1.29 is 9.90 Å². The first-order valence-electron chi connectivity index (χ1n) is 5.29. The van der Waals surface area contributed by atoms with Gasteiger partial charge in [-0.25, -0.2) is 4.79 Å². The van der Waals surface area contributed by atoms with E-state index in [2.05, 4.69) is 20.4 Å². The van der Waals surface area contributed by atoms with E-state index in [9.17, 15) is 4.79 Å². The Labute approximate surface area is 111 Å². The zero-order valence-corrected chi connectivity index (χ0v) is 10.3. The van der Waals surface area contributed by atoms with Crippen LogP contribution in [0.25, 0.3) is 5.65 Å². The number of aromatic carboxylic acids is 1. The lowest BCUT2D eigenvalue weighted by molar-refractivity contribution is 0.0689. The Morgan fingerprint density at radius 2 is 2.00 bits per heavy atom. The van der Waals surface area contributed by atoms with E-state index in [4.69, 9.17) is 5.11 Å². The number of nitrogens with zero attached hydrogens (tertiary/aromatic N) is 5. The van der Waals surface area contributed by atoms with Gasteiger partial charge in [0.25, 0.3) is 0 Å². The Balaban J connectivity index is 1.90. The molecule has 0 bridgehead atoms. The van der Waals surface area contributed by atoms with Crippen molar-refractivity contribution in [3.8, 4) is 0 Å². The monoisotopic (exact) mass is 273 g/mol. The Bertz CT molecular complexity index is 740. The van der Waals surface area contributed by atoms with Crippen molar-refractivity contribution in [3.05, 3.63) is 42.2 Å². The number of aromatic nitrogens is 5. The molecule has 0 radical (unpaired) electrons. The number of pyridine rings is 1. The summed E-state index contributed by atoms with van der Waals surface area (Å²) in [5.41, 5.74) is 0.649. The number of rotatable bonds is 3. The van der Waals surface area contributed by atoms with E-state index in [1.165, 1.54) is 17.8 Å². The van der Waals surface area contributed by atoms with Gasteiger partial charge < -0.3 is 5.11 Å². The fourth-order valence-corrected chi connectivity index (χ4v) is 2.21. The van der Waals surface area contributed by atoms with Gasteiger partial charge in [-0.2, -0.15) is 0 Å². The molecule has 0 amide bonds. The second kappa shape index (κ2) is 4.65. The van der Waals surface area contributed by atoms with Crippen molar-refractivity contribution in [2.45, 2.75) is 10.2 Å². The molecule has 0 unspecified atom stereocenters. The van der Waals surface area contributed by atoms with Crippen molar-refractivity contribution in [1.29, 1.82) is 0 Å². The summed E-state index contributed by atoms with van der Waals surface area (Å²) in [7, 11) is 0. The van der Waals surface area contributed by atoms with Crippen LogP contribution in [-0.4, -0.2) is 35.9 Å². The average Bonchev–Trinajstić information content (AvgIpc) is 2.83. The molecule has 8 heteroatoms. The Morgan fingerprint density at radius 3 is 2.74 bits per heavy atom. The molecule has 7 nitrogen and oxygen atoms in total. The summed E-state index contributed by atoms with van der Waals surface area (Å²) in [6, 6.07) is 8.59. The molecule has 3 aromatic heterocycles. The van der Waals surface area contributed by atoms with Gasteiger partial charge in [-0.15, -0.1) is 20.4 Å². The van der Waals surface area contributed by atoms with E-state index < -0.39 is 5.97 Å². The SMILES string of the molecule is O=C(O)c1ccc(Sc2nnc3ccccn23)nn1. The third-order valence-electron chi connectivity index (χ3n) is 2.34. The molecule has 0 spiro atoms. The van der Waals surface area contributed by atoms with Crippen LogP contribution >= 0.6 is 11.8 Å². The summed E-state index contributed by atoms with van der Waals surface area (Å²) in [4.78, 5) is 10.7. The second-order valence-electron chi connectivity index (χ2n) is 3.58. The van der Waals surface area contributed by atoms with E-state index in [1.807, 2.05) is 28.8 Å². The average molecular weight is 273 g/mol. The molecule has 0 aliphatic carbocycles. The first kappa shape index (κ1) is 11.6. The van der Waals surface area contributed by atoms with Crippen LogP contribution in [0.3, 0.4) is 0 Å². The maximum absolute atomic E-state index is 10.7. The van der Waals surface area contributed by atoms with Crippen LogP contribution in [0.15, 0.2) is 46.7 Å². The minimum absolute atomic E-state index is 0.0875. The Kier molecular flexibility index (Phi) is 2.84. The molecular weight excluding hydrogens is 266 g/mol. The largest absolute Gasteiger partial charge is 0.476 e. The minimum atomic E-state index is -1.10. The molecule has 3 heterocycles. The first-order valence-corrected chi connectivity index (χ1v) is 6.10. The molecule has 0 fully saturated rings. The standard InChI is InChI=1S/C11H7N5O2S/c17-10(18)7-4-5-9(14-12-7)19-11-15-13-8-3-1-2-6-16(8)11/h1-6H,(H,17,18). The fraction of sp³-hybridized carbons (Fsp3) is 0. The molecule has 1 N–H and O–H groups in total. The number of hydrogen-bond acceptors (Lipinski definition) is 6. The van der Waals surface area contributed by atoms with E-state index in [-0.39, 0.29) is 5.69 Å². The van der Waals surface area contributed by atoms with Crippen molar-refractivity contribution in [3.63, 3.8) is 0 Å². The summed E-state index contributed by atoms with van der Waals surface area (Å²) in [6.45, 7) is 0. The Morgan fingerprint density at radius 1 is 1.11 bits per heavy atom. The highest BCUT2D eigenvalue weighted by molar-refractivity contribution is 7.99. The third-order valence-corrected chi connectivity index (χ3v) is 3.23. The predicted molar refractivity (Wildman–Crippen MR) is 66.1 cm³/mol. The molecular formula is C11H7N5O2S. The summed E-state index contributed by atoms with van der Waals surface area (Å²) < 4.78 is 1.82. The van der Waals surface area contributed by atoms with E-state index in [0.29, 0.717) is 10.2 Å². The van der Waals surface area contributed by atoms with E-state index in [1.54, 1.807) is 6.07 Å². The summed E-state index contributed by atoms with van der Waals surface area (Å²) in [5.74, 6) is -1.10. The van der Waals surface area contributed by atoms with Crippen molar-refractivity contribution >= 4 is 23.4 Å². The van der Waals surface area contributed by atoms with Gasteiger partial charge in [-0.3, -0.25) is 4.40 Å². The number of hydrogen-bond donors (Lipinski definition) is 1. The fourth-order valence-electron chi connectivity index (χ4n) is 1.47. The topological polar surface area (TPSA) is 93.3 Å². The highest BCUT2D eigenvalue weighted by atomic mass is 32.2. The lowest BCUT2D eigenvalue weighted by Crippen LogP contribution is -2.01. The van der Waals surface area contributed by atoms with Crippen molar-refractivity contribution in [2.75, 3.05) is 0 Å². The van der Waals surface area contributed by atoms with Crippen LogP contribution in [0.2, 0.25) is 0 Å². The maximum Gasteiger partial charge on any atom is 0.356 e. The molecule has 0 aromatic carbocycles. The maximum atomic E-state index is 10.7. The van der Waals surface area contributed by atoms with Gasteiger partial charge in [0.1, 0.15) is 5.03 Å². The quantitative estimate of drug-likeness (QED) is 0.770. The zero-order valence-electron chi connectivity index (χ0n) is 9.46. The highest BCUT2D eigenvalue weighted by Gasteiger charge is 2.09. The van der Waals surface area contributed by atoms with Crippen LogP contribution in [0, 0.1) is 0 Å². The van der Waals surface area contributed by atoms with Gasteiger partial charge >= 0.3 is 5.97 Å².